The highest BCUT2D eigenvalue weighted by molar-refractivity contribution is 8.00. The third-order valence-electron chi connectivity index (χ3n) is 5.62. The van der Waals surface area contributed by atoms with Gasteiger partial charge in [-0.1, -0.05) is 60.3 Å². The van der Waals surface area contributed by atoms with E-state index < -0.39 is 0 Å². The van der Waals surface area contributed by atoms with Crippen LogP contribution < -0.4 is 4.90 Å². The van der Waals surface area contributed by atoms with Crippen molar-refractivity contribution >= 4 is 23.4 Å². The van der Waals surface area contributed by atoms with Gasteiger partial charge in [0.1, 0.15) is 0 Å². The average Bonchev–Trinajstić information content (AvgIpc) is 3.44. The highest BCUT2D eigenvalue weighted by Crippen LogP contribution is 2.32. The molecular formula is C25H23N5OS. The van der Waals surface area contributed by atoms with Crippen LogP contribution in [0.5, 0.6) is 0 Å². The number of pyridine rings is 1. The highest BCUT2D eigenvalue weighted by atomic mass is 32.2. The van der Waals surface area contributed by atoms with Crippen molar-refractivity contribution < 1.29 is 4.79 Å². The number of carbonyl (C=O) groups is 1. The molecule has 0 spiro atoms. The van der Waals surface area contributed by atoms with E-state index >= 15 is 0 Å². The van der Waals surface area contributed by atoms with Gasteiger partial charge in [0.05, 0.1) is 11.8 Å². The summed E-state index contributed by atoms with van der Waals surface area (Å²) in [5.74, 6) is 0.865. The molecule has 0 bridgehead atoms. The van der Waals surface area contributed by atoms with Crippen molar-refractivity contribution in [3.63, 3.8) is 0 Å². The summed E-state index contributed by atoms with van der Waals surface area (Å²) in [6.07, 6.45) is 4.40. The van der Waals surface area contributed by atoms with Crippen LogP contribution >= 0.6 is 11.8 Å². The number of amides is 1. The lowest BCUT2D eigenvalue weighted by atomic mass is 10.2. The number of thioether (sulfide) groups is 1. The number of nitrogens with zero attached hydrogens (tertiary/aromatic N) is 5. The SMILES string of the molecule is C[C@H](Sc1nnc(-c2ccncc2)n1Cc1ccccc1)C(=O)N1CCc2ccccc21. The number of hydrogen-bond donors (Lipinski definition) is 0. The van der Waals surface area contributed by atoms with Gasteiger partial charge in [-0.05, 0) is 42.7 Å². The van der Waals surface area contributed by atoms with Crippen molar-refractivity contribution in [2.75, 3.05) is 11.4 Å². The smallest absolute Gasteiger partial charge is 0.240 e. The number of benzene rings is 2. The molecule has 2 aromatic carbocycles. The van der Waals surface area contributed by atoms with Crippen molar-refractivity contribution in [3.05, 3.63) is 90.3 Å². The second kappa shape index (κ2) is 8.96. The first-order valence-electron chi connectivity index (χ1n) is 10.6. The van der Waals surface area contributed by atoms with E-state index in [0.717, 1.165) is 40.8 Å². The van der Waals surface area contributed by atoms with Crippen molar-refractivity contribution in [3.8, 4) is 11.4 Å². The fourth-order valence-electron chi connectivity index (χ4n) is 3.99. The van der Waals surface area contributed by atoms with E-state index in [1.807, 2.05) is 60.4 Å². The summed E-state index contributed by atoms with van der Waals surface area (Å²) in [6.45, 7) is 3.30. The molecule has 1 amide bonds. The van der Waals surface area contributed by atoms with E-state index in [2.05, 4.69) is 37.9 Å². The first-order chi connectivity index (χ1) is 15.7. The van der Waals surface area contributed by atoms with E-state index in [4.69, 9.17) is 0 Å². The van der Waals surface area contributed by atoms with Gasteiger partial charge in [-0.15, -0.1) is 10.2 Å². The van der Waals surface area contributed by atoms with Crippen LogP contribution in [-0.2, 0) is 17.8 Å². The lowest BCUT2D eigenvalue weighted by Crippen LogP contribution is -2.35. The zero-order valence-electron chi connectivity index (χ0n) is 17.8. The number of carbonyl (C=O) groups excluding carboxylic acids is 1. The Balaban J connectivity index is 1.43. The van der Waals surface area contributed by atoms with Crippen LogP contribution in [0.25, 0.3) is 11.4 Å². The van der Waals surface area contributed by atoms with E-state index in [1.54, 1.807) is 12.4 Å². The van der Waals surface area contributed by atoms with Gasteiger partial charge < -0.3 is 4.90 Å². The van der Waals surface area contributed by atoms with Gasteiger partial charge in [-0.25, -0.2) is 0 Å². The van der Waals surface area contributed by atoms with Gasteiger partial charge in [0, 0.05) is 30.2 Å². The number of rotatable bonds is 6. The molecule has 1 aliphatic heterocycles. The maximum Gasteiger partial charge on any atom is 0.240 e. The summed E-state index contributed by atoms with van der Waals surface area (Å²) in [5.41, 5.74) is 4.35. The average molecular weight is 442 g/mol. The van der Waals surface area contributed by atoms with Crippen LogP contribution in [0, 0.1) is 0 Å². The second-order valence-corrected chi connectivity index (χ2v) is 9.05. The van der Waals surface area contributed by atoms with Crippen LogP contribution in [0.15, 0.2) is 84.3 Å². The molecule has 0 radical (unpaired) electrons. The second-order valence-electron chi connectivity index (χ2n) is 7.74. The van der Waals surface area contributed by atoms with Gasteiger partial charge in [0.15, 0.2) is 11.0 Å². The lowest BCUT2D eigenvalue weighted by Gasteiger charge is -2.21. The number of para-hydroxylation sites is 1. The van der Waals surface area contributed by atoms with Gasteiger partial charge in [-0.3, -0.25) is 14.3 Å². The molecule has 0 fully saturated rings. The number of fused-ring (bicyclic) bond motifs is 1. The van der Waals surface area contributed by atoms with Crippen LogP contribution in [0.4, 0.5) is 5.69 Å². The van der Waals surface area contributed by atoms with E-state index in [-0.39, 0.29) is 11.2 Å². The Morgan fingerprint density at radius 1 is 1.00 bits per heavy atom. The zero-order chi connectivity index (χ0) is 21.9. The Hall–Kier alpha value is -3.45. The molecule has 7 heteroatoms. The van der Waals surface area contributed by atoms with Gasteiger partial charge in [0.25, 0.3) is 0 Å². The molecule has 0 N–H and O–H groups in total. The molecule has 0 saturated carbocycles. The van der Waals surface area contributed by atoms with Crippen LogP contribution in [-0.4, -0.2) is 37.5 Å². The Labute approximate surface area is 191 Å². The third-order valence-corrected chi connectivity index (χ3v) is 6.69. The molecule has 1 aliphatic rings. The maximum absolute atomic E-state index is 13.3. The molecule has 160 valence electrons. The van der Waals surface area contributed by atoms with Crippen LogP contribution in [0.1, 0.15) is 18.1 Å². The Morgan fingerprint density at radius 3 is 2.56 bits per heavy atom. The van der Waals surface area contributed by atoms with Gasteiger partial charge in [0.2, 0.25) is 5.91 Å². The van der Waals surface area contributed by atoms with Crippen LogP contribution in [0.2, 0.25) is 0 Å². The predicted molar refractivity (Wildman–Crippen MR) is 127 cm³/mol. The summed E-state index contributed by atoms with van der Waals surface area (Å²) >= 11 is 1.46. The molecule has 0 saturated heterocycles. The minimum Gasteiger partial charge on any atom is -0.311 e. The third kappa shape index (κ3) is 4.03. The first-order valence-corrected chi connectivity index (χ1v) is 11.5. The van der Waals surface area contributed by atoms with Gasteiger partial charge in [-0.2, -0.15) is 0 Å². The summed E-state index contributed by atoms with van der Waals surface area (Å²) in [6, 6.07) is 22.2. The van der Waals surface area contributed by atoms with Crippen molar-refractivity contribution in [1.29, 1.82) is 0 Å². The number of hydrogen-bond acceptors (Lipinski definition) is 5. The Morgan fingerprint density at radius 2 is 1.75 bits per heavy atom. The summed E-state index contributed by atoms with van der Waals surface area (Å²) in [7, 11) is 0. The molecular weight excluding hydrogens is 418 g/mol. The van der Waals surface area contributed by atoms with E-state index in [0.29, 0.717) is 6.54 Å². The molecule has 4 aromatic rings. The Kier molecular flexibility index (Phi) is 5.73. The topological polar surface area (TPSA) is 63.9 Å². The normalized spacial score (nSPS) is 13.7. The minimum atomic E-state index is -0.287. The summed E-state index contributed by atoms with van der Waals surface area (Å²) < 4.78 is 2.08. The van der Waals surface area contributed by atoms with Crippen LogP contribution in [0.3, 0.4) is 0 Å². The Bertz CT molecular complexity index is 1230. The number of anilines is 1. The monoisotopic (exact) mass is 441 g/mol. The summed E-state index contributed by atoms with van der Waals surface area (Å²) in [4.78, 5) is 19.3. The highest BCUT2D eigenvalue weighted by Gasteiger charge is 2.29. The maximum atomic E-state index is 13.3. The first kappa shape index (κ1) is 20.5. The molecule has 5 rings (SSSR count). The molecule has 0 unspecified atom stereocenters. The zero-order valence-corrected chi connectivity index (χ0v) is 18.6. The molecule has 1 atom stereocenters. The lowest BCUT2D eigenvalue weighted by molar-refractivity contribution is -0.117. The van der Waals surface area contributed by atoms with E-state index in [1.165, 1.54) is 17.3 Å². The molecule has 0 aliphatic carbocycles. The van der Waals surface area contributed by atoms with Gasteiger partial charge >= 0.3 is 0 Å². The van der Waals surface area contributed by atoms with Crippen molar-refractivity contribution in [2.45, 2.75) is 30.3 Å². The summed E-state index contributed by atoms with van der Waals surface area (Å²) in [5, 5.41) is 9.38. The standard InChI is InChI=1S/C25H23N5OS/c1-18(24(31)29-16-13-20-9-5-6-10-22(20)29)32-25-28-27-23(21-11-14-26-15-12-21)30(25)17-19-7-3-2-4-8-19/h2-12,14-15,18H,13,16-17H2,1H3/t18-/m0/s1. The largest absolute Gasteiger partial charge is 0.311 e. The minimum absolute atomic E-state index is 0.0969. The fraction of sp³-hybridized carbons (Fsp3) is 0.200. The predicted octanol–water partition coefficient (Wildman–Crippen LogP) is 4.46. The molecule has 2 aromatic heterocycles. The molecule has 3 heterocycles. The number of aromatic nitrogens is 4. The molecule has 32 heavy (non-hydrogen) atoms. The quantitative estimate of drug-likeness (QED) is 0.414. The fourth-order valence-corrected chi connectivity index (χ4v) is 4.90. The van der Waals surface area contributed by atoms with Crippen molar-refractivity contribution in [2.24, 2.45) is 0 Å². The van der Waals surface area contributed by atoms with Crippen molar-refractivity contribution in [1.82, 2.24) is 19.7 Å². The molecule has 6 nitrogen and oxygen atoms in total. The van der Waals surface area contributed by atoms with E-state index in [9.17, 15) is 4.79 Å².